The zero-order valence-electron chi connectivity index (χ0n) is 10.6. The van der Waals surface area contributed by atoms with Crippen molar-refractivity contribution < 1.29 is 4.39 Å². The van der Waals surface area contributed by atoms with E-state index in [1.807, 2.05) is 20.0 Å². The van der Waals surface area contributed by atoms with Crippen molar-refractivity contribution >= 4 is 31.9 Å². The maximum Gasteiger partial charge on any atom is 0.124 e. The van der Waals surface area contributed by atoms with E-state index in [1.54, 1.807) is 10.9 Å². The summed E-state index contributed by atoms with van der Waals surface area (Å²) < 4.78 is 17.0. The third kappa shape index (κ3) is 3.24. The Kier molecular flexibility index (Phi) is 4.76. The van der Waals surface area contributed by atoms with E-state index >= 15 is 0 Å². The molecule has 0 radical (unpaired) electrons. The van der Waals surface area contributed by atoms with E-state index in [-0.39, 0.29) is 11.9 Å². The van der Waals surface area contributed by atoms with Gasteiger partial charge < -0.3 is 5.32 Å². The van der Waals surface area contributed by atoms with Gasteiger partial charge >= 0.3 is 0 Å². The van der Waals surface area contributed by atoms with Crippen molar-refractivity contribution in [2.75, 3.05) is 6.54 Å². The third-order valence-electron chi connectivity index (χ3n) is 2.84. The van der Waals surface area contributed by atoms with Crippen molar-refractivity contribution in [1.29, 1.82) is 0 Å². The molecule has 1 unspecified atom stereocenters. The van der Waals surface area contributed by atoms with Gasteiger partial charge in [-0.25, -0.2) is 4.39 Å². The van der Waals surface area contributed by atoms with Gasteiger partial charge in [-0.2, -0.15) is 5.10 Å². The second kappa shape index (κ2) is 6.15. The van der Waals surface area contributed by atoms with E-state index in [9.17, 15) is 4.39 Å². The minimum absolute atomic E-state index is 0.112. The molecule has 0 amide bonds. The van der Waals surface area contributed by atoms with Crippen molar-refractivity contribution in [3.63, 3.8) is 0 Å². The summed E-state index contributed by atoms with van der Waals surface area (Å²) in [6.45, 7) is 2.79. The largest absolute Gasteiger partial charge is 0.305 e. The van der Waals surface area contributed by atoms with E-state index in [1.165, 1.54) is 12.1 Å². The number of nitrogens with zero attached hydrogens (tertiary/aromatic N) is 2. The van der Waals surface area contributed by atoms with Gasteiger partial charge in [-0.3, -0.25) is 4.68 Å². The Bertz CT molecular complexity index is 544. The number of aryl methyl sites for hydroxylation is 1. The summed E-state index contributed by atoms with van der Waals surface area (Å²) >= 11 is 6.82. The molecule has 0 aliphatic carbocycles. The van der Waals surface area contributed by atoms with Gasteiger partial charge in [-0.05, 0) is 46.2 Å². The van der Waals surface area contributed by atoms with Gasteiger partial charge in [0.2, 0.25) is 0 Å². The van der Waals surface area contributed by atoms with Crippen LogP contribution in [-0.4, -0.2) is 16.3 Å². The van der Waals surface area contributed by atoms with Crippen molar-refractivity contribution in [1.82, 2.24) is 15.1 Å². The van der Waals surface area contributed by atoms with Gasteiger partial charge in [-0.15, -0.1) is 0 Å². The van der Waals surface area contributed by atoms with E-state index < -0.39 is 0 Å². The number of benzene rings is 1. The van der Waals surface area contributed by atoms with Crippen molar-refractivity contribution in [3.8, 4) is 0 Å². The third-order valence-corrected chi connectivity index (χ3v) is 3.91. The monoisotopic (exact) mass is 389 g/mol. The lowest BCUT2D eigenvalue weighted by molar-refractivity contribution is 0.562. The first-order chi connectivity index (χ1) is 9.02. The van der Waals surface area contributed by atoms with Crippen LogP contribution >= 0.6 is 31.9 Å². The highest BCUT2D eigenvalue weighted by Gasteiger charge is 2.20. The van der Waals surface area contributed by atoms with Crippen LogP contribution in [0.15, 0.2) is 33.3 Å². The molecule has 1 heterocycles. The molecule has 0 saturated heterocycles. The Balaban J connectivity index is 2.51. The van der Waals surface area contributed by atoms with Crippen LogP contribution in [0, 0.1) is 5.82 Å². The molecule has 0 aliphatic rings. The van der Waals surface area contributed by atoms with Crippen LogP contribution in [0.25, 0.3) is 0 Å². The van der Waals surface area contributed by atoms with Gasteiger partial charge in [0.1, 0.15) is 5.82 Å². The zero-order valence-corrected chi connectivity index (χ0v) is 13.8. The quantitative estimate of drug-likeness (QED) is 0.860. The van der Waals surface area contributed by atoms with Crippen LogP contribution in [0.5, 0.6) is 0 Å². The lowest BCUT2D eigenvalue weighted by atomic mass is 10.0. The summed E-state index contributed by atoms with van der Waals surface area (Å²) in [5.74, 6) is -0.259. The Hall–Kier alpha value is -0.720. The minimum atomic E-state index is -0.259. The number of halogens is 3. The first-order valence-corrected chi connectivity index (χ1v) is 7.48. The average molecular weight is 391 g/mol. The Morgan fingerprint density at radius 2 is 2.11 bits per heavy atom. The Labute approximate surface area is 128 Å². The SMILES string of the molecule is CCNC(c1cc(F)cc(Br)c1)c1c(Br)cnn1C. The number of rotatable bonds is 4. The summed E-state index contributed by atoms with van der Waals surface area (Å²) in [6.07, 6.45) is 1.74. The van der Waals surface area contributed by atoms with Gasteiger partial charge in [0.25, 0.3) is 0 Å². The highest BCUT2D eigenvalue weighted by Crippen LogP contribution is 2.30. The van der Waals surface area contributed by atoms with Crippen LogP contribution in [0.2, 0.25) is 0 Å². The van der Waals surface area contributed by atoms with E-state index in [0.29, 0.717) is 0 Å². The standard InChI is InChI=1S/C13H14Br2FN3/c1-3-17-12(13-11(15)7-18-19(13)2)8-4-9(14)6-10(16)5-8/h4-7,12,17H,3H2,1-2H3. The molecule has 0 fully saturated rings. The van der Waals surface area contributed by atoms with Crippen molar-refractivity contribution in [2.45, 2.75) is 13.0 Å². The van der Waals surface area contributed by atoms with Gasteiger partial charge in [0, 0.05) is 11.5 Å². The predicted molar refractivity (Wildman–Crippen MR) is 80.5 cm³/mol. The molecule has 19 heavy (non-hydrogen) atoms. The van der Waals surface area contributed by atoms with Crippen molar-refractivity contribution in [2.24, 2.45) is 7.05 Å². The fourth-order valence-electron chi connectivity index (χ4n) is 2.06. The summed E-state index contributed by atoms with van der Waals surface area (Å²) in [6, 6.07) is 4.79. The number of hydrogen-bond acceptors (Lipinski definition) is 2. The molecule has 1 aromatic carbocycles. The number of aromatic nitrogens is 2. The zero-order chi connectivity index (χ0) is 14.0. The molecule has 0 spiro atoms. The topological polar surface area (TPSA) is 29.9 Å². The molecule has 1 atom stereocenters. The summed E-state index contributed by atoms with van der Waals surface area (Å²) in [5.41, 5.74) is 1.83. The van der Waals surface area contributed by atoms with Crippen LogP contribution in [0.1, 0.15) is 24.2 Å². The van der Waals surface area contributed by atoms with Crippen LogP contribution in [-0.2, 0) is 7.05 Å². The first kappa shape index (κ1) is 14.7. The van der Waals surface area contributed by atoms with Crippen LogP contribution < -0.4 is 5.32 Å². The first-order valence-electron chi connectivity index (χ1n) is 5.89. The predicted octanol–water partition coefficient (Wildman–Crippen LogP) is 3.78. The van der Waals surface area contributed by atoms with E-state index in [0.717, 1.165) is 26.7 Å². The maximum atomic E-state index is 13.6. The van der Waals surface area contributed by atoms with Gasteiger partial charge in [0.15, 0.2) is 0 Å². The van der Waals surface area contributed by atoms with Gasteiger partial charge in [-0.1, -0.05) is 22.9 Å². The molecular formula is C13H14Br2FN3. The lowest BCUT2D eigenvalue weighted by Crippen LogP contribution is -2.24. The highest BCUT2D eigenvalue weighted by molar-refractivity contribution is 9.10. The molecular weight excluding hydrogens is 377 g/mol. The maximum absolute atomic E-state index is 13.6. The normalized spacial score (nSPS) is 12.7. The second-order valence-electron chi connectivity index (χ2n) is 4.19. The fraction of sp³-hybridized carbons (Fsp3) is 0.308. The molecule has 6 heteroatoms. The highest BCUT2D eigenvalue weighted by atomic mass is 79.9. The second-order valence-corrected chi connectivity index (χ2v) is 5.96. The smallest absolute Gasteiger partial charge is 0.124 e. The summed E-state index contributed by atoms with van der Waals surface area (Å²) in [7, 11) is 1.87. The van der Waals surface area contributed by atoms with E-state index in [4.69, 9.17) is 0 Å². The molecule has 102 valence electrons. The summed E-state index contributed by atoms with van der Waals surface area (Å²) in [4.78, 5) is 0. The number of hydrogen-bond donors (Lipinski definition) is 1. The number of nitrogens with one attached hydrogen (secondary N) is 1. The Morgan fingerprint density at radius 1 is 1.37 bits per heavy atom. The van der Waals surface area contributed by atoms with Crippen LogP contribution in [0.3, 0.4) is 0 Å². The molecule has 1 aromatic heterocycles. The van der Waals surface area contributed by atoms with Crippen LogP contribution in [0.4, 0.5) is 4.39 Å². The van der Waals surface area contributed by atoms with Gasteiger partial charge in [0.05, 0.1) is 22.4 Å². The molecule has 3 nitrogen and oxygen atoms in total. The van der Waals surface area contributed by atoms with E-state index in [2.05, 4.69) is 42.3 Å². The lowest BCUT2D eigenvalue weighted by Gasteiger charge is -2.20. The summed E-state index contributed by atoms with van der Waals surface area (Å²) in [5, 5.41) is 7.57. The average Bonchev–Trinajstić information content (AvgIpc) is 2.65. The van der Waals surface area contributed by atoms with Crippen molar-refractivity contribution in [3.05, 3.63) is 50.4 Å². The minimum Gasteiger partial charge on any atom is -0.305 e. The molecule has 2 aromatic rings. The fourth-order valence-corrected chi connectivity index (χ4v) is 3.12. The molecule has 0 bridgehead atoms. The molecule has 1 N–H and O–H groups in total. The molecule has 0 saturated carbocycles. The Morgan fingerprint density at radius 3 is 2.63 bits per heavy atom. The molecule has 2 rings (SSSR count). The molecule has 0 aliphatic heterocycles.